The Hall–Kier alpha value is -1.52. The quantitative estimate of drug-likeness (QED) is 0.856. The molecule has 0 aromatic carbocycles. The molecule has 0 aliphatic rings. The summed E-state index contributed by atoms with van der Waals surface area (Å²) in [7, 11) is 0. The molecule has 1 rings (SSSR count). The fraction of sp³-hybridized carbons (Fsp3) is 0.636. The SMILES string of the molecule is Cc1coc(CCNC(=O)OC(C)(C)C)n1. The minimum Gasteiger partial charge on any atom is -0.449 e. The van der Waals surface area contributed by atoms with Crippen molar-refractivity contribution in [2.75, 3.05) is 6.54 Å². The Morgan fingerprint density at radius 3 is 2.75 bits per heavy atom. The summed E-state index contributed by atoms with van der Waals surface area (Å²) in [5, 5.41) is 2.64. The Kier molecular flexibility index (Phi) is 3.93. The lowest BCUT2D eigenvalue weighted by molar-refractivity contribution is 0.0528. The van der Waals surface area contributed by atoms with Crippen LogP contribution in [0.1, 0.15) is 32.4 Å². The van der Waals surface area contributed by atoms with Crippen molar-refractivity contribution in [2.45, 2.75) is 39.7 Å². The van der Waals surface area contributed by atoms with Gasteiger partial charge in [-0.3, -0.25) is 0 Å². The molecule has 0 fully saturated rings. The van der Waals surface area contributed by atoms with Crippen molar-refractivity contribution in [2.24, 2.45) is 0 Å². The molecular formula is C11H18N2O3. The maximum Gasteiger partial charge on any atom is 0.407 e. The van der Waals surface area contributed by atoms with Crippen LogP contribution in [0.2, 0.25) is 0 Å². The number of hydrogen-bond acceptors (Lipinski definition) is 4. The number of aromatic nitrogens is 1. The summed E-state index contributed by atoms with van der Waals surface area (Å²) in [5.41, 5.74) is 0.371. The molecule has 1 aromatic rings. The van der Waals surface area contributed by atoms with E-state index in [0.29, 0.717) is 18.9 Å². The van der Waals surface area contributed by atoms with Crippen LogP contribution in [0.3, 0.4) is 0 Å². The number of nitrogens with one attached hydrogen (secondary N) is 1. The number of rotatable bonds is 3. The van der Waals surface area contributed by atoms with Crippen LogP contribution in [0.15, 0.2) is 10.7 Å². The predicted octanol–water partition coefficient (Wildman–Crippen LogP) is 2.05. The first-order valence-electron chi connectivity index (χ1n) is 5.25. The summed E-state index contributed by atoms with van der Waals surface area (Å²) in [6.45, 7) is 7.78. The standard InChI is InChI=1S/C11H18N2O3/c1-8-7-15-9(13-8)5-6-12-10(14)16-11(2,3)4/h7H,5-6H2,1-4H3,(H,12,14). The van der Waals surface area contributed by atoms with Gasteiger partial charge in [0.15, 0.2) is 5.89 Å². The third kappa shape index (κ3) is 4.82. The van der Waals surface area contributed by atoms with E-state index < -0.39 is 11.7 Å². The van der Waals surface area contributed by atoms with Gasteiger partial charge in [0, 0.05) is 13.0 Å². The number of carbonyl (C=O) groups is 1. The Morgan fingerprint density at radius 1 is 1.56 bits per heavy atom. The van der Waals surface area contributed by atoms with Gasteiger partial charge < -0.3 is 14.5 Å². The minimum atomic E-state index is -0.469. The van der Waals surface area contributed by atoms with Crippen molar-refractivity contribution < 1.29 is 13.9 Å². The number of nitrogens with zero attached hydrogens (tertiary/aromatic N) is 1. The van der Waals surface area contributed by atoms with E-state index in [1.807, 2.05) is 27.7 Å². The number of hydrogen-bond donors (Lipinski definition) is 1. The topological polar surface area (TPSA) is 64.4 Å². The van der Waals surface area contributed by atoms with E-state index in [1.54, 1.807) is 6.26 Å². The van der Waals surface area contributed by atoms with E-state index in [4.69, 9.17) is 9.15 Å². The molecular weight excluding hydrogens is 208 g/mol. The Labute approximate surface area is 95.2 Å². The summed E-state index contributed by atoms with van der Waals surface area (Å²) in [6, 6.07) is 0. The lowest BCUT2D eigenvalue weighted by Crippen LogP contribution is -2.33. The Balaban J connectivity index is 2.23. The summed E-state index contributed by atoms with van der Waals surface area (Å²) >= 11 is 0. The highest BCUT2D eigenvalue weighted by Crippen LogP contribution is 2.06. The monoisotopic (exact) mass is 226 g/mol. The van der Waals surface area contributed by atoms with Crippen LogP contribution >= 0.6 is 0 Å². The molecule has 0 aliphatic carbocycles. The molecule has 5 heteroatoms. The first kappa shape index (κ1) is 12.5. The van der Waals surface area contributed by atoms with Crippen LogP contribution < -0.4 is 5.32 Å². The summed E-state index contributed by atoms with van der Waals surface area (Å²) < 4.78 is 10.2. The first-order chi connectivity index (χ1) is 7.37. The number of oxazole rings is 1. The molecule has 0 radical (unpaired) electrons. The average molecular weight is 226 g/mol. The minimum absolute atomic E-state index is 0.421. The third-order valence-electron chi connectivity index (χ3n) is 1.67. The van der Waals surface area contributed by atoms with Crippen molar-refractivity contribution >= 4 is 6.09 Å². The summed E-state index contributed by atoms with van der Waals surface area (Å²) in [4.78, 5) is 15.4. The van der Waals surface area contributed by atoms with E-state index >= 15 is 0 Å². The van der Waals surface area contributed by atoms with Crippen LogP contribution in [-0.4, -0.2) is 23.2 Å². The van der Waals surface area contributed by atoms with E-state index in [-0.39, 0.29) is 0 Å². The number of ether oxygens (including phenoxy) is 1. The molecule has 5 nitrogen and oxygen atoms in total. The first-order valence-corrected chi connectivity index (χ1v) is 5.25. The largest absolute Gasteiger partial charge is 0.449 e. The molecule has 0 spiro atoms. The smallest absolute Gasteiger partial charge is 0.407 e. The summed E-state index contributed by atoms with van der Waals surface area (Å²) in [6.07, 6.45) is 1.73. The molecule has 16 heavy (non-hydrogen) atoms. The molecule has 0 unspecified atom stereocenters. The highest BCUT2D eigenvalue weighted by Gasteiger charge is 2.15. The van der Waals surface area contributed by atoms with E-state index in [9.17, 15) is 4.79 Å². The Morgan fingerprint density at radius 2 is 2.25 bits per heavy atom. The maximum absolute atomic E-state index is 11.3. The van der Waals surface area contributed by atoms with Crippen LogP contribution in [0.25, 0.3) is 0 Å². The highest BCUT2D eigenvalue weighted by molar-refractivity contribution is 5.67. The second-order valence-electron chi connectivity index (χ2n) is 4.56. The number of alkyl carbamates (subject to hydrolysis) is 1. The van der Waals surface area contributed by atoms with Gasteiger partial charge in [-0.15, -0.1) is 0 Å². The van der Waals surface area contributed by atoms with Crippen LogP contribution in [0.4, 0.5) is 4.79 Å². The number of amides is 1. The van der Waals surface area contributed by atoms with E-state index in [0.717, 1.165) is 5.69 Å². The van der Waals surface area contributed by atoms with Gasteiger partial charge in [0.05, 0.1) is 5.69 Å². The molecule has 0 saturated heterocycles. The van der Waals surface area contributed by atoms with Gasteiger partial charge in [-0.2, -0.15) is 0 Å². The molecule has 0 saturated carbocycles. The van der Waals surface area contributed by atoms with Crippen molar-refractivity contribution in [1.82, 2.24) is 10.3 Å². The molecule has 0 aliphatic heterocycles. The molecule has 90 valence electrons. The van der Waals surface area contributed by atoms with Crippen LogP contribution in [0, 0.1) is 6.92 Å². The zero-order valence-corrected chi connectivity index (χ0v) is 10.2. The second-order valence-corrected chi connectivity index (χ2v) is 4.56. The summed E-state index contributed by atoms with van der Waals surface area (Å²) in [5.74, 6) is 0.619. The zero-order chi connectivity index (χ0) is 12.2. The van der Waals surface area contributed by atoms with Crippen molar-refractivity contribution in [3.63, 3.8) is 0 Å². The van der Waals surface area contributed by atoms with Gasteiger partial charge in [-0.25, -0.2) is 9.78 Å². The predicted molar refractivity (Wildman–Crippen MR) is 59.2 cm³/mol. The van der Waals surface area contributed by atoms with Gasteiger partial charge in [0.1, 0.15) is 11.9 Å². The molecule has 1 N–H and O–H groups in total. The van der Waals surface area contributed by atoms with Crippen LogP contribution in [-0.2, 0) is 11.2 Å². The van der Waals surface area contributed by atoms with Crippen molar-refractivity contribution in [1.29, 1.82) is 0 Å². The molecule has 1 amide bonds. The lowest BCUT2D eigenvalue weighted by atomic mass is 10.2. The second kappa shape index (κ2) is 5.01. The normalized spacial score (nSPS) is 11.2. The fourth-order valence-electron chi connectivity index (χ4n) is 1.10. The van der Waals surface area contributed by atoms with Crippen molar-refractivity contribution in [3.8, 4) is 0 Å². The molecule has 1 heterocycles. The van der Waals surface area contributed by atoms with Gasteiger partial charge in [-0.1, -0.05) is 0 Å². The van der Waals surface area contributed by atoms with E-state index in [2.05, 4.69) is 10.3 Å². The molecule has 0 bridgehead atoms. The van der Waals surface area contributed by atoms with Gasteiger partial charge in [0.25, 0.3) is 0 Å². The zero-order valence-electron chi connectivity index (χ0n) is 10.2. The average Bonchev–Trinajstić information content (AvgIpc) is 2.48. The van der Waals surface area contributed by atoms with Crippen LogP contribution in [0.5, 0.6) is 0 Å². The third-order valence-corrected chi connectivity index (χ3v) is 1.67. The van der Waals surface area contributed by atoms with Gasteiger partial charge in [-0.05, 0) is 27.7 Å². The molecule has 1 aromatic heterocycles. The maximum atomic E-state index is 11.3. The number of carbonyl (C=O) groups excluding carboxylic acids is 1. The van der Waals surface area contributed by atoms with Gasteiger partial charge >= 0.3 is 6.09 Å². The van der Waals surface area contributed by atoms with Crippen molar-refractivity contribution in [3.05, 3.63) is 17.8 Å². The Bertz CT molecular complexity index is 352. The number of aryl methyl sites for hydroxylation is 1. The lowest BCUT2D eigenvalue weighted by Gasteiger charge is -2.19. The molecule has 0 atom stereocenters. The highest BCUT2D eigenvalue weighted by atomic mass is 16.6. The fourth-order valence-corrected chi connectivity index (χ4v) is 1.10. The van der Waals surface area contributed by atoms with E-state index in [1.165, 1.54) is 0 Å². The van der Waals surface area contributed by atoms with Gasteiger partial charge in [0.2, 0.25) is 0 Å².